The summed E-state index contributed by atoms with van der Waals surface area (Å²) in [6.45, 7) is 0. The SMILES string of the molecule is COc1ccc(-c2csc(Nc3ccc(CC(=O)O)cc3)n2)cc1Cl. The summed E-state index contributed by atoms with van der Waals surface area (Å²) >= 11 is 7.64. The van der Waals surface area contributed by atoms with Crippen LogP contribution in [0.1, 0.15) is 5.56 Å². The Bertz CT molecular complexity index is 894. The predicted molar refractivity (Wildman–Crippen MR) is 100 cm³/mol. The number of aliphatic carboxylic acids is 1. The van der Waals surface area contributed by atoms with Crippen LogP contribution in [-0.4, -0.2) is 23.2 Å². The highest BCUT2D eigenvalue weighted by Gasteiger charge is 2.08. The Balaban J connectivity index is 1.73. The van der Waals surface area contributed by atoms with Gasteiger partial charge >= 0.3 is 5.97 Å². The van der Waals surface area contributed by atoms with E-state index in [0.717, 1.165) is 27.6 Å². The fourth-order valence-electron chi connectivity index (χ4n) is 2.29. The number of ether oxygens (including phenoxy) is 1. The van der Waals surface area contributed by atoms with Gasteiger partial charge in [0.1, 0.15) is 5.75 Å². The molecule has 7 heteroatoms. The van der Waals surface area contributed by atoms with Gasteiger partial charge in [0.15, 0.2) is 5.13 Å². The number of nitrogens with zero attached hydrogens (tertiary/aromatic N) is 1. The molecule has 2 N–H and O–H groups in total. The number of anilines is 2. The van der Waals surface area contributed by atoms with Crippen LogP contribution in [0.3, 0.4) is 0 Å². The molecule has 0 aliphatic heterocycles. The van der Waals surface area contributed by atoms with Gasteiger partial charge in [-0.2, -0.15) is 0 Å². The van der Waals surface area contributed by atoms with Crippen molar-refractivity contribution in [2.75, 3.05) is 12.4 Å². The average molecular weight is 375 g/mol. The minimum absolute atomic E-state index is 0.0138. The number of thiazole rings is 1. The second kappa shape index (κ2) is 7.55. The molecule has 0 amide bonds. The van der Waals surface area contributed by atoms with Gasteiger partial charge in [0, 0.05) is 16.6 Å². The number of hydrogen-bond donors (Lipinski definition) is 2. The molecule has 0 aliphatic rings. The van der Waals surface area contributed by atoms with Crippen molar-refractivity contribution in [2.24, 2.45) is 0 Å². The number of hydrogen-bond acceptors (Lipinski definition) is 5. The van der Waals surface area contributed by atoms with Gasteiger partial charge in [0.2, 0.25) is 0 Å². The monoisotopic (exact) mass is 374 g/mol. The number of halogens is 1. The number of carboxylic acids is 1. The maximum Gasteiger partial charge on any atom is 0.307 e. The van der Waals surface area contributed by atoms with Crippen LogP contribution < -0.4 is 10.1 Å². The summed E-state index contributed by atoms with van der Waals surface area (Å²) in [6, 6.07) is 12.8. The number of rotatable bonds is 6. The Hall–Kier alpha value is -2.57. The molecule has 0 radical (unpaired) electrons. The molecule has 0 saturated heterocycles. The van der Waals surface area contributed by atoms with Crippen LogP contribution in [-0.2, 0) is 11.2 Å². The topological polar surface area (TPSA) is 71.5 Å². The lowest BCUT2D eigenvalue weighted by molar-refractivity contribution is -0.136. The van der Waals surface area contributed by atoms with E-state index < -0.39 is 5.97 Å². The molecule has 3 aromatic rings. The molecule has 2 aromatic carbocycles. The molecule has 3 rings (SSSR count). The summed E-state index contributed by atoms with van der Waals surface area (Å²) < 4.78 is 5.15. The Morgan fingerprint density at radius 1 is 1.28 bits per heavy atom. The number of carbonyl (C=O) groups is 1. The van der Waals surface area contributed by atoms with E-state index in [4.69, 9.17) is 21.4 Å². The largest absolute Gasteiger partial charge is 0.495 e. The van der Waals surface area contributed by atoms with Gasteiger partial charge in [-0.25, -0.2) is 4.98 Å². The Morgan fingerprint density at radius 3 is 2.68 bits per heavy atom. The number of benzene rings is 2. The van der Waals surface area contributed by atoms with E-state index in [1.165, 1.54) is 11.3 Å². The normalized spacial score (nSPS) is 10.5. The molecule has 0 saturated carbocycles. The number of nitrogens with one attached hydrogen (secondary N) is 1. The molecule has 1 aromatic heterocycles. The van der Waals surface area contributed by atoms with E-state index in [1.54, 1.807) is 19.2 Å². The summed E-state index contributed by atoms with van der Waals surface area (Å²) in [5.74, 6) is -0.219. The van der Waals surface area contributed by atoms with Crippen LogP contribution in [0.15, 0.2) is 47.8 Å². The van der Waals surface area contributed by atoms with Crippen LogP contribution in [0.4, 0.5) is 10.8 Å². The van der Waals surface area contributed by atoms with E-state index in [1.807, 2.05) is 35.7 Å². The molecule has 0 spiro atoms. The van der Waals surface area contributed by atoms with Crippen LogP contribution in [0, 0.1) is 0 Å². The van der Waals surface area contributed by atoms with Gasteiger partial charge in [0.05, 0.1) is 24.2 Å². The van der Waals surface area contributed by atoms with E-state index in [9.17, 15) is 4.79 Å². The summed E-state index contributed by atoms with van der Waals surface area (Å²) in [4.78, 5) is 15.3. The molecule has 1 heterocycles. The van der Waals surface area contributed by atoms with Crippen LogP contribution in [0.2, 0.25) is 5.02 Å². The van der Waals surface area contributed by atoms with Crippen molar-refractivity contribution in [3.8, 4) is 17.0 Å². The molecular weight excluding hydrogens is 360 g/mol. The minimum atomic E-state index is -0.844. The van der Waals surface area contributed by atoms with Gasteiger partial charge in [-0.3, -0.25) is 4.79 Å². The maximum absolute atomic E-state index is 10.7. The first-order chi connectivity index (χ1) is 12.0. The zero-order valence-electron chi connectivity index (χ0n) is 13.3. The zero-order valence-corrected chi connectivity index (χ0v) is 14.9. The van der Waals surface area contributed by atoms with Crippen molar-refractivity contribution in [1.29, 1.82) is 0 Å². The smallest absolute Gasteiger partial charge is 0.307 e. The Labute approximate surface area is 153 Å². The summed E-state index contributed by atoms with van der Waals surface area (Å²) in [6.07, 6.45) is 0.0138. The van der Waals surface area contributed by atoms with Crippen LogP contribution in [0.5, 0.6) is 5.75 Å². The van der Waals surface area contributed by atoms with Crippen molar-refractivity contribution in [1.82, 2.24) is 4.98 Å². The molecule has 0 aliphatic carbocycles. The van der Waals surface area contributed by atoms with Crippen molar-refractivity contribution < 1.29 is 14.6 Å². The number of aromatic nitrogens is 1. The van der Waals surface area contributed by atoms with E-state index in [-0.39, 0.29) is 6.42 Å². The lowest BCUT2D eigenvalue weighted by Crippen LogP contribution is -1.99. The molecule has 0 unspecified atom stereocenters. The van der Waals surface area contributed by atoms with E-state index in [2.05, 4.69) is 10.3 Å². The quantitative estimate of drug-likeness (QED) is 0.645. The Kier molecular flexibility index (Phi) is 5.21. The molecule has 25 heavy (non-hydrogen) atoms. The molecule has 128 valence electrons. The van der Waals surface area contributed by atoms with Gasteiger partial charge < -0.3 is 15.2 Å². The first-order valence-electron chi connectivity index (χ1n) is 7.42. The third kappa shape index (κ3) is 4.29. The summed E-state index contributed by atoms with van der Waals surface area (Å²) in [7, 11) is 1.58. The predicted octanol–water partition coefficient (Wildman–Crippen LogP) is 4.84. The summed E-state index contributed by atoms with van der Waals surface area (Å²) in [5, 5.41) is 15.2. The van der Waals surface area contributed by atoms with Crippen LogP contribution in [0.25, 0.3) is 11.3 Å². The number of carboxylic acid groups (broad SMARTS) is 1. The highest BCUT2D eigenvalue weighted by Crippen LogP contribution is 2.32. The lowest BCUT2D eigenvalue weighted by Gasteiger charge is -2.05. The molecular formula is C18H15ClN2O3S. The van der Waals surface area contributed by atoms with Crippen molar-refractivity contribution in [2.45, 2.75) is 6.42 Å². The van der Waals surface area contributed by atoms with Crippen LogP contribution >= 0.6 is 22.9 Å². The molecule has 0 bridgehead atoms. The third-order valence-electron chi connectivity index (χ3n) is 3.51. The summed E-state index contributed by atoms with van der Waals surface area (Å²) in [5.41, 5.74) is 3.33. The number of methoxy groups -OCH3 is 1. The van der Waals surface area contributed by atoms with E-state index in [0.29, 0.717) is 10.8 Å². The van der Waals surface area contributed by atoms with Gasteiger partial charge in [-0.1, -0.05) is 23.7 Å². The molecule has 5 nitrogen and oxygen atoms in total. The zero-order chi connectivity index (χ0) is 17.8. The van der Waals surface area contributed by atoms with Gasteiger partial charge in [-0.05, 0) is 35.9 Å². The molecule has 0 fully saturated rings. The molecule has 0 atom stereocenters. The maximum atomic E-state index is 10.7. The lowest BCUT2D eigenvalue weighted by atomic mass is 10.1. The second-order valence-corrected chi connectivity index (χ2v) is 6.54. The van der Waals surface area contributed by atoms with Crippen molar-refractivity contribution >= 4 is 39.7 Å². The second-order valence-electron chi connectivity index (χ2n) is 5.28. The standard InChI is InChI=1S/C18H15ClN2O3S/c1-24-16-7-4-12(9-14(16)19)15-10-25-18(21-15)20-13-5-2-11(3-6-13)8-17(22)23/h2-7,9-10H,8H2,1H3,(H,20,21)(H,22,23). The fraction of sp³-hybridized carbons (Fsp3) is 0.111. The average Bonchev–Trinajstić information content (AvgIpc) is 3.04. The third-order valence-corrected chi connectivity index (χ3v) is 4.57. The minimum Gasteiger partial charge on any atom is -0.495 e. The Morgan fingerprint density at radius 2 is 2.04 bits per heavy atom. The van der Waals surface area contributed by atoms with E-state index >= 15 is 0 Å². The fourth-order valence-corrected chi connectivity index (χ4v) is 3.29. The van der Waals surface area contributed by atoms with Gasteiger partial charge in [-0.15, -0.1) is 11.3 Å². The highest BCUT2D eigenvalue weighted by molar-refractivity contribution is 7.14. The first kappa shape index (κ1) is 17.3. The van der Waals surface area contributed by atoms with Crippen molar-refractivity contribution in [3.05, 3.63) is 58.4 Å². The van der Waals surface area contributed by atoms with Crippen molar-refractivity contribution in [3.63, 3.8) is 0 Å². The highest BCUT2D eigenvalue weighted by atomic mass is 35.5. The van der Waals surface area contributed by atoms with Gasteiger partial charge in [0.25, 0.3) is 0 Å². The first-order valence-corrected chi connectivity index (χ1v) is 8.68.